The van der Waals surface area contributed by atoms with Crippen molar-refractivity contribution < 1.29 is 24.4 Å². The summed E-state index contributed by atoms with van der Waals surface area (Å²) < 4.78 is 5.16. The molecule has 1 aromatic carbocycles. The van der Waals surface area contributed by atoms with Crippen LogP contribution in [0.4, 0.5) is 0 Å². The van der Waals surface area contributed by atoms with Gasteiger partial charge in [0.25, 0.3) is 0 Å². The molecular weight excluding hydrogens is 361 g/mol. The van der Waals surface area contributed by atoms with E-state index in [4.69, 9.17) is 15.4 Å². The van der Waals surface area contributed by atoms with E-state index in [1.165, 1.54) is 0 Å². The van der Waals surface area contributed by atoms with E-state index in [0.717, 1.165) is 18.4 Å². The molecule has 2 rings (SSSR count). The molecule has 1 fully saturated rings. The van der Waals surface area contributed by atoms with Crippen molar-refractivity contribution >= 4 is 19.5 Å². The Kier molecular flexibility index (Phi) is 8.75. The highest BCUT2D eigenvalue weighted by Gasteiger charge is 2.48. The molecule has 0 radical (unpaired) electrons. The van der Waals surface area contributed by atoms with E-state index in [1.807, 2.05) is 0 Å². The van der Waals surface area contributed by atoms with Gasteiger partial charge in [-0.2, -0.15) is 0 Å². The van der Waals surface area contributed by atoms with E-state index in [1.54, 1.807) is 24.3 Å². The zero-order valence-electron chi connectivity index (χ0n) is 16.2. The monoisotopic (exact) mass is 391 g/mol. The molecule has 6 N–H and O–H groups in total. The Labute approximate surface area is 166 Å². The molecule has 154 valence electrons. The number of phenols is 1. The van der Waals surface area contributed by atoms with Crippen LogP contribution in [0.1, 0.15) is 44.1 Å². The zero-order valence-corrected chi connectivity index (χ0v) is 16.2. The highest BCUT2D eigenvalue weighted by Crippen LogP contribution is 2.38. The Morgan fingerprint density at radius 1 is 1.21 bits per heavy atom. The summed E-state index contributed by atoms with van der Waals surface area (Å²) in [6.07, 6.45) is 3.66. The van der Waals surface area contributed by atoms with Gasteiger partial charge in [-0.05, 0) is 56.3 Å². The number of hydrogen-bond donors (Lipinski definition) is 5. The molecule has 1 saturated carbocycles. The summed E-state index contributed by atoms with van der Waals surface area (Å²) >= 11 is 0. The molecule has 2 amide bonds. The predicted octanol–water partition coefficient (Wildman–Crippen LogP) is 0.0679. The second-order valence-electron chi connectivity index (χ2n) is 7.15. The molecule has 0 saturated heterocycles. The van der Waals surface area contributed by atoms with Gasteiger partial charge in [-0.15, -0.1) is 0 Å². The van der Waals surface area contributed by atoms with Crippen LogP contribution < -0.4 is 16.4 Å². The molecule has 8 nitrogen and oxygen atoms in total. The molecule has 9 heteroatoms. The van der Waals surface area contributed by atoms with Crippen LogP contribution in [0.25, 0.3) is 0 Å². The summed E-state index contributed by atoms with van der Waals surface area (Å²) in [5, 5.41) is 24.0. The first-order valence-electron chi connectivity index (χ1n) is 9.81. The fourth-order valence-electron chi connectivity index (χ4n) is 3.56. The van der Waals surface area contributed by atoms with E-state index in [0.29, 0.717) is 45.2 Å². The maximum absolute atomic E-state index is 12.9. The first-order valence-corrected chi connectivity index (χ1v) is 9.81. The van der Waals surface area contributed by atoms with Crippen LogP contribution in [-0.4, -0.2) is 48.9 Å². The average Bonchev–Trinajstić information content (AvgIpc) is 3.19. The van der Waals surface area contributed by atoms with E-state index < -0.39 is 19.3 Å². The standard InChI is InChI=1S/C19H30BN3O5/c21-12-3-4-16(28-20-27)23-18(26)19(10-1-2-11-19)17(25)22-13-9-14-5-7-15(24)8-6-14/h5-8,16,20,24,27H,1-4,9-13,21H2,(H,22,25)(H,23,26)/t16-/m1/s1. The third-order valence-corrected chi connectivity index (χ3v) is 5.20. The van der Waals surface area contributed by atoms with Crippen molar-refractivity contribution in [3.63, 3.8) is 0 Å². The number of carbonyl (C=O) groups excluding carboxylic acids is 2. The predicted molar refractivity (Wildman–Crippen MR) is 106 cm³/mol. The Morgan fingerprint density at radius 2 is 1.89 bits per heavy atom. The SMILES string of the molecule is NCCC[C@H](NC(=O)C1(C(=O)NCCc2ccc(O)cc2)CCCC1)OBO. The van der Waals surface area contributed by atoms with Crippen molar-refractivity contribution in [3.05, 3.63) is 29.8 Å². The second-order valence-corrected chi connectivity index (χ2v) is 7.15. The van der Waals surface area contributed by atoms with Crippen molar-refractivity contribution in [3.8, 4) is 5.75 Å². The zero-order chi connectivity index (χ0) is 20.4. The third-order valence-electron chi connectivity index (χ3n) is 5.20. The Hall–Kier alpha value is -2.10. The molecule has 0 unspecified atom stereocenters. The molecule has 0 spiro atoms. The molecule has 1 atom stereocenters. The maximum atomic E-state index is 12.9. The van der Waals surface area contributed by atoms with Gasteiger partial charge in [0, 0.05) is 6.54 Å². The van der Waals surface area contributed by atoms with E-state index in [9.17, 15) is 14.7 Å². The van der Waals surface area contributed by atoms with Gasteiger partial charge in [0.05, 0.1) is 0 Å². The van der Waals surface area contributed by atoms with Gasteiger partial charge in [0.15, 0.2) is 0 Å². The normalized spacial score (nSPS) is 16.4. The minimum Gasteiger partial charge on any atom is -0.508 e. The van der Waals surface area contributed by atoms with Crippen LogP contribution in [0.15, 0.2) is 24.3 Å². The highest BCUT2D eigenvalue weighted by molar-refractivity contribution is 6.16. The fraction of sp³-hybridized carbons (Fsp3) is 0.579. The minimum absolute atomic E-state index is 0.198. The lowest BCUT2D eigenvalue weighted by atomic mass is 9.83. The molecule has 0 bridgehead atoms. The summed E-state index contributed by atoms with van der Waals surface area (Å²) in [6.45, 7) is 0.854. The number of aromatic hydroxyl groups is 1. The van der Waals surface area contributed by atoms with Gasteiger partial charge < -0.3 is 31.2 Å². The second kappa shape index (κ2) is 11.0. The number of nitrogens with one attached hydrogen (secondary N) is 2. The first-order chi connectivity index (χ1) is 13.5. The van der Waals surface area contributed by atoms with Crippen molar-refractivity contribution in [2.75, 3.05) is 13.1 Å². The van der Waals surface area contributed by atoms with Crippen molar-refractivity contribution in [1.82, 2.24) is 10.6 Å². The molecule has 1 aliphatic carbocycles. The van der Waals surface area contributed by atoms with Crippen LogP contribution in [0.5, 0.6) is 5.75 Å². The van der Waals surface area contributed by atoms with Gasteiger partial charge in [-0.3, -0.25) is 9.59 Å². The number of amides is 2. The maximum Gasteiger partial charge on any atom is 0.436 e. The minimum atomic E-state index is -1.10. The average molecular weight is 391 g/mol. The van der Waals surface area contributed by atoms with Gasteiger partial charge >= 0.3 is 7.69 Å². The lowest BCUT2D eigenvalue weighted by Crippen LogP contribution is -2.53. The summed E-state index contributed by atoms with van der Waals surface area (Å²) in [4.78, 5) is 25.8. The van der Waals surface area contributed by atoms with Crippen molar-refractivity contribution in [1.29, 1.82) is 0 Å². The Bertz CT molecular complexity index is 635. The largest absolute Gasteiger partial charge is 0.508 e. The van der Waals surface area contributed by atoms with Crippen LogP contribution in [0.2, 0.25) is 0 Å². The van der Waals surface area contributed by atoms with E-state index in [2.05, 4.69) is 10.6 Å². The van der Waals surface area contributed by atoms with Gasteiger partial charge in [-0.25, -0.2) is 0 Å². The number of phenolic OH excluding ortho intramolecular Hbond substituents is 1. The van der Waals surface area contributed by atoms with Crippen molar-refractivity contribution in [2.45, 2.75) is 51.2 Å². The molecular formula is C19H30BN3O5. The summed E-state index contributed by atoms with van der Waals surface area (Å²) in [6, 6.07) is 6.80. The Morgan fingerprint density at radius 3 is 2.50 bits per heavy atom. The summed E-state index contributed by atoms with van der Waals surface area (Å²) in [7, 11) is -0.513. The fourth-order valence-corrected chi connectivity index (χ4v) is 3.56. The Balaban J connectivity index is 1.95. The highest BCUT2D eigenvalue weighted by atomic mass is 16.5. The molecule has 1 aromatic rings. The van der Waals surface area contributed by atoms with Crippen LogP contribution >= 0.6 is 0 Å². The number of carbonyl (C=O) groups is 2. The van der Waals surface area contributed by atoms with Crippen LogP contribution in [-0.2, 0) is 20.7 Å². The lowest BCUT2D eigenvalue weighted by molar-refractivity contribution is -0.145. The van der Waals surface area contributed by atoms with Gasteiger partial charge in [0.2, 0.25) is 11.8 Å². The van der Waals surface area contributed by atoms with E-state index >= 15 is 0 Å². The topological polar surface area (TPSA) is 134 Å². The summed E-state index contributed by atoms with van der Waals surface area (Å²) in [5.41, 5.74) is 5.39. The molecule has 0 heterocycles. The number of nitrogens with two attached hydrogens (primary N) is 1. The quantitative estimate of drug-likeness (QED) is 0.206. The summed E-state index contributed by atoms with van der Waals surface area (Å²) in [5.74, 6) is -0.436. The van der Waals surface area contributed by atoms with Crippen LogP contribution in [0.3, 0.4) is 0 Å². The van der Waals surface area contributed by atoms with Gasteiger partial charge in [0.1, 0.15) is 17.4 Å². The molecule has 28 heavy (non-hydrogen) atoms. The molecule has 0 aromatic heterocycles. The van der Waals surface area contributed by atoms with Crippen LogP contribution in [0, 0.1) is 5.41 Å². The first kappa shape index (κ1) is 22.2. The number of benzene rings is 1. The van der Waals surface area contributed by atoms with Gasteiger partial charge in [-0.1, -0.05) is 25.0 Å². The van der Waals surface area contributed by atoms with Crippen molar-refractivity contribution in [2.24, 2.45) is 11.1 Å². The number of rotatable bonds is 11. The van der Waals surface area contributed by atoms with E-state index in [-0.39, 0.29) is 17.6 Å². The third kappa shape index (κ3) is 5.95. The lowest BCUT2D eigenvalue weighted by Gasteiger charge is -2.29. The smallest absolute Gasteiger partial charge is 0.436 e. The molecule has 1 aliphatic rings. The molecule has 0 aliphatic heterocycles. The number of hydrogen-bond acceptors (Lipinski definition) is 6.